The zero-order chi connectivity index (χ0) is 10.0. The molecule has 2 N–H and O–H groups in total. The first-order valence-electron chi connectivity index (χ1n) is 5.38. The Balaban J connectivity index is 2.30. The van der Waals surface area contributed by atoms with Crippen LogP contribution in [0.15, 0.2) is 24.4 Å². The predicted molar refractivity (Wildman–Crippen MR) is 58.0 cm³/mol. The zero-order valence-corrected chi connectivity index (χ0v) is 8.74. The fourth-order valence-electron chi connectivity index (χ4n) is 2.59. The Morgan fingerprint density at radius 3 is 2.93 bits per heavy atom. The molecule has 2 heteroatoms. The minimum Gasteiger partial charge on any atom is -0.330 e. The molecule has 0 spiro atoms. The third-order valence-electron chi connectivity index (χ3n) is 3.45. The van der Waals surface area contributed by atoms with E-state index in [-0.39, 0.29) is 5.41 Å². The van der Waals surface area contributed by atoms with Crippen LogP contribution in [0.2, 0.25) is 0 Å². The average Bonchev–Trinajstić information content (AvgIpc) is 2.63. The van der Waals surface area contributed by atoms with Gasteiger partial charge >= 0.3 is 0 Å². The number of pyridine rings is 1. The highest BCUT2D eigenvalue weighted by Crippen LogP contribution is 2.42. The number of aromatic nitrogens is 1. The summed E-state index contributed by atoms with van der Waals surface area (Å²) in [5.74, 6) is 0.792. The van der Waals surface area contributed by atoms with Gasteiger partial charge in [0.1, 0.15) is 0 Å². The molecule has 2 atom stereocenters. The third kappa shape index (κ3) is 1.55. The van der Waals surface area contributed by atoms with Crippen molar-refractivity contribution < 1.29 is 0 Å². The third-order valence-corrected chi connectivity index (χ3v) is 3.45. The second kappa shape index (κ2) is 3.70. The van der Waals surface area contributed by atoms with E-state index in [2.05, 4.69) is 24.0 Å². The quantitative estimate of drug-likeness (QED) is 0.775. The van der Waals surface area contributed by atoms with E-state index in [1.807, 2.05) is 12.3 Å². The van der Waals surface area contributed by atoms with E-state index >= 15 is 0 Å². The molecule has 2 nitrogen and oxygen atoms in total. The monoisotopic (exact) mass is 190 g/mol. The van der Waals surface area contributed by atoms with Crippen LogP contribution in [0, 0.1) is 5.92 Å². The fourth-order valence-corrected chi connectivity index (χ4v) is 2.59. The summed E-state index contributed by atoms with van der Waals surface area (Å²) in [7, 11) is 0. The minimum atomic E-state index is 0.167. The molecule has 0 aliphatic heterocycles. The highest BCUT2D eigenvalue weighted by Gasteiger charge is 2.38. The number of hydrogen-bond acceptors (Lipinski definition) is 2. The maximum atomic E-state index is 5.92. The molecule has 0 aromatic carbocycles. The van der Waals surface area contributed by atoms with Crippen molar-refractivity contribution in [2.75, 3.05) is 6.54 Å². The second-order valence-electron chi connectivity index (χ2n) is 4.55. The second-order valence-corrected chi connectivity index (χ2v) is 4.55. The lowest BCUT2D eigenvalue weighted by molar-refractivity contribution is 0.421. The molecule has 0 amide bonds. The Labute approximate surface area is 85.5 Å². The van der Waals surface area contributed by atoms with E-state index in [1.54, 1.807) is 0 Å². The summed E-state index contributed by atoms with van der Waals surface area (Å²) in [5.41, 5.74) is 7.28. The molecular formula is C12H18N2. The van der Waals surface area contributed by atoms with Crippen molar-refractivity contribution >= 4 is 0 Å². The number of hydrogen-bond donors (Lipinski definition) is 1. The van der Waals surface area contributed by atoms with E-state index in [9.17, 15) is 0 Å². The molecule has 14 heavy (non-hydrogen) atoms. The van der Waals surface area contributed by atoms with E-state index in [1.165, 1.54) is 25.0 Å². The van der Waals surface area contributed by atoms with Crippen LogP contribution in [0.1, 0.15) is 31.9 Å². The van der Waals surface area contributed by atoms with E-state index in [4.69, 9.17) is 5.73 Å². The lowest BCUT2D eigenvalue weighted by atomic mass is 9.81. The van der Waals surface area contributed by atoms with Crippen LogP contribution in [0.25, 0.3) is 0 Å². The zero-order valence-electron chi connectivity index (χ0n) is 8.74. The van der Waals surface area contributed by atoms with Crippen LogP contribution in [-0.2, 0) is 5.41 Å². The molecule has 1 aromatic heterocycles. The first kappa shape index (κ1) is 9.66. The SMILES string of the molecule is CC1CCC(CN)(c2ccccn2)C1. The highest BCUT2D eigenvalue weighted by molar-refractivity contribution is 5.19. The van der Waals surface area contributed by atoms with Crippen LogP contribution in [0.3, 0.4) is 0 Å². The van der Waals surface area contributed by atoms with Gasteiger partial charge in [-0.3, -0.25) is 4.98 Å². The van der Waals surface area contributed by atoms with Gasteiger partial charge in [0.2, 0.25) is 0 Å². The van der Waals surface area contributed by atoms with Gasteiger partial charge in [-0.1, -0.05) is 13.0 Å². The lowest BCUT2D eigenvalue weighted by Gasteiger charge is -2.26. The minimum absolute atomic E-state index is 0.167. The maximum Gasteiger partial charge on any atom is 0.0478 e. The number of nitrogens with zero attached hydrogens (tertiary/aromatic N) is 1. The van der Waals surface area contributed by atoms with Crippen molar-refractivity contribution in [3.8, 4) is 0 Å². The van der Waals surface area contributed by atoms with Gasteiger partial charge in [-0.15, -0.1) is 0 Å². The van der Waals surface area contributed by atoms with Gasteiger partial charge in [0.15, 0.2) is 0 Å². The van der Waals surface area contributed by atoms with Gasteiger partial charge < -0.3 is 5.73 Å². The van der Waals surface area contributed by atoms with Gasteiger partial charge in [-0.2, -0.15) is 0 Å². The molecular weight excluding hydrogens is 172 g/mol. The first-order chi connectivity index (χ1) is 6.77. The maximum absolute atomic E-state index is 5.92. The Kier molecular flexibility index (Phi) is 2.55. The average molecular weight is 190 g/mol. The largest absolute Gasteiger partial charge is 0.330 e. The lowest BCUT2D eigenvalue weighted by Crippen LogP contribution is -2.33. The molecule has 1 heterocycles. The van der Waals surface area contributed by atoms with E-state index in [0.29, 0.717) is 0 Å². The van der Waals surface area contributed by atoms with Crippen LogP contribution >= 0.6 is 0 Å². The summed E-state index contributed by atoms with van der Waals surface area (Å²) in [6.45, 7) is 3.04. The van der Waals surface area contributed by atoms with Crippen molar-refractivity contribution in [3.63, 3.8) is 0 Å². The molecule has 1 aliphatic carbocycles. The smallest absolute Gasteiger partial charge is 0.0478 e. The van der Waals surface area contributed by atoms with Crippen LogP contribution in [0.5, 0.6) is 0 Å². The van der Waals surface area contributed by atoms with Crippen molar-refractivity contribution in [3.05, 3.63) is 30.1 Å². The Morgan fingerprint density at radius 2 is 2.43 bits per heavy atom. The van der Waals surface area contributed by atoms with Crippen molar-refractivity contribution in [2.45, 2.75) is 31.6 Å². The standard InChI is InChI=1S/C12H18N2/c1-10-5-6-12(8-10,9-13)11-4-2-3-7-14-11/h2-4,7,10H,5-6,8-9,13H2,1H3. The topological polar surface area (TPSA) is 38.9 Å². The van der Waals surface area contributed by atoms with Gasteiger partial charge in [0.05, 0.1) is 0 Å². The Bertz CT molecular complexity index is 296. The van der Waals surface area contributed by atoms with Gasteiger partial charge in [-0.25, -0.2) is 0 Å². The number of nitrogens with two attached hydrogens (primary N) is 1. The molecule has 1 fully saturated rings. The molecule has 1 aromatic rings. The molecule has 76 valence electrons. The van der Waals surface area contributed by atoms with Crippen molar-refractivity contribution in [2.24, 2.45) is 11.7 Å². The Morgan fingerprint density at radius 1 is 1.57 bits per heavy atom. The van der Waals surface area contributed by atoms with Crippen LogP contribution in [-0.4, -0.2) is 11.5 Å². The highest BCUT2D eigenvalue weighted by atomic mass is 14.7. The summed E-state index contributed by atoms with van der Waals surface area (Å²) in [6, 6.07) is 6.14. The van der Waals surface area contributed by atoms with Gasteiger partial charge in [-0.05, 0) is 37.3 Å². The summed E-state index contributed by atoms with van der Waals surface area (Å²) in [6.07, 6.45) is 5.55. The van der Waals surface area contributed by atoms with Gasteiger partial charge in [0, 0.05) is 23.9 Å². The predicted octanol–water partition coefficient (Wildman–Crippen LogP) is 2.10. The molecule has 1 saturated carbocycles. The van der Waals surface area contributed by atoms with E-state index in [0.717, 1.165) is 12.5 Å². The van der Waals surface area contributed by atoms with Crippen LogP contribution in [0.4, 0.5) is 0 Å². The molecule has 1 aliphatic rings. The van der Waals surface area contributed by atoms with Crippen molar-refractivity contribution in [1.82, 2.24) is 4.98 Å². The summed E-state index contributed by atoms with van der Waals surface area (Å²) >= 11 is 0. The summed E-state index contributed by atoms with van der Waals surface area (Å²) in [5, 5.41) is 0. The molecule has 0 radical (unpaired) electrons. The molecule has 2 rings (SSSR count). The first-order valence-corrected chi connectivity index (χ1v) is 5.38. The van der Waals surface area contributed by atoms with Crippen LogP contribution < -0.4 is 5.73 Å². The fraction of sp³-hybridized carbons (Fsp3) is 0.583. The van der Waals surface area contributed by atoms with Gasteiger partial charge in [0.25, 0.3) is 0 Å². The Hall–Kier alpha value is -0.890. The molecule has 0 saturated heterocycles. The number of rotatable bonds is 2. The molecule has 2 unspecified atom stereocenters. The van der Waals surface area contributed by atoms with E-state index < -0.39 is 0 Å². The summed E-state index contributed by atoms with van der Waals surface area (Å²) < 4.78 is 0. The summed E-state index contributed by atoms with van der Waals surface area (Å²) in [4.78, 5) is 4.46. The normalized spacial score (nSPS) is 32.0. The molecule has 0 bridgehead atoms. The van der Waals surface area contributed by atoms with Crippen molar-refractivity contribution in [1.29, 1.82) is 0 Å².